The number of aromatic nitrogens is 2. The molecule has 1 aromatic heterocycles. The summed E-state index contributed by atoms with van der Waals surface area (Å²) < 4.78 is 15.2. The second-order valence-electron chi connectivity index (χ2n) is 8.17. The van der Waals surface area contributed by atoms with E-state index in [1.54, 1.807) is 39.9 Å². The van der Waals surface area contributed by atoms with E-state index >= 15 is 0 Å². The summed E-state index contributed by atoms with van der Waals surface area (Å²) in [5.74, 6) is -0.488. The maximum absolute atomic E-state index is 13.5. The third-order valence-electron chi connectivity index (χ3n) is 5.86. The Morgan fingerprint density at radius 3 is 2.47 bits per heavy atom. The normalized spacial score (nSPS) is 13.3. The van der Waals surface area contributed by atoms with Crippen LogP contribution in [0.2, 0.25) is 0 Å². The Morgan fingerprint density at radius 1 is 0.971 bits per heavy atom. The Kier molecular flexibility index (Phi) is 5.91. The van der Waals surface area contributed by atoms with Crippen molar-refractivity contribution in [3.63, 3.8) is 0 Å². The highest BCUT2D eigenvalue weighted by atomic mass is 19.1. The van der Waals surface area contributed by atoms with Crippen LogP contribution in [-0.2, 0) is 11.3 Å². The Labute approximate surface area is 196 Å². The zero-order chi connectivity index (χ0) is 23.5. The minimum Gasteiger partial charge on any atom is -0.348 e. The number of benzene rings is 3. The predicted octanol–water partition coefficient (Wildman–Crippen LogP) is 4.74. The molecular weight excluding hydrogens is 431 g/mol. The minimum atomic E-state index is -0.322. The predicted molar refractivity (Wildman–Crippen MR) is 128 cm³/mol. The summed E-state index contributed by atoms with van der Waals surface area (Å²) in [7, 11) is 0. The summed E-state index contributed by atoms with van der Waals surface area (Å²) in [5.41, 5.74) is 4.33. The van der Waals surface area contributed by atoms with Crippen molar-refractivity contribution >= 4 is 17.5 Å². The largest absolute Gasteiger partial charge is 0.348 e. The number of amides is 2. The number of para-hydroxylation sites is 1. The van der Waals surface area contributed by atoms with Gasteiger partial charge in [-0.05, 0) is 61.0 Å². The van der Waals surface area contributed by atoms with Crippen molar-refractivity contribution in [2.24, 2.45) is 0 Å². The van der Waals surface area contributed by atoms with Crippen LogP contribution in [-0.4, -0.2) is 28.1 Å². The van der Waals surface area contributed by atoms with Gasteiger partial charge in [-0.15, -0.1) is 0 Å². The average molecular weight is 455 g/mol. The molecule has 4 aromatic rings. The number of anilines is 1. The third kappa shape index (κ3) is 4.45. The highest BCUT2D eigenvalue weighted by Crippen LogP contribution is 2.25. The van der Waals surface area contributed by atoms with Gasteiger partial charge in [-0.1, -0.05) is 24.3 Å². The summed E-state index contributed by atoms with van der Waals surface area (Å²) in [6, 6.07) is 22.9. The fraction of sp³-hybridized carbons (Fsp3) is 0.148. The molecule has 0 unspecified atom stereocenters. The number of nitrogens with zero attached hydrogens (tertiary/aromatic N) is 3. The summed E-state index contributed by atoms with van der Waals surface area (Å²) in [5, 5.41) is 7.67. The van der Waals surface area contributed by atoms with Crippen molar-refractivity contribution in [3.05, 3.63) is 102 Å². The molecule has 1 N–H and O–H groups in total. The van der Waals surface area contributed by atoms with E-state index in [0.717, 1.165) is 28.9 Å². The van der Waals surface area contributed by atoms with Crippen molar-refractivity contribution in [2.45, 2.75) is 19.4 Å². The minimum absolute atomic E-state index is 0.0785. The molecule has 0 aliphatic carbocycles. The Bertz CT molecular complexity index is 1330. The molecule has 1 saturated heterocycles. The molecule has 0 spiro atoms. The number of rotatable bonds is 6. The Morgan fingerprint density at radius 2 is 1.74 bits per heavy atom. The molecule has 1 fully saturated rings. The van der Waals surface area contributed by atoms with E-state index in [9.17, 15) is 14.0 Å². The van der Waals surface area contributed by atoms with Gasteiger partial charge >= 0.3 is 0 Å². The van der Waals surface area contributed by atoms with Crippen LogP contribution in [0.4, 0.5) is 10.1 Å². The molecule has 7 heteroatoms. The summed E-state index contributed by atoms with van der Waals surface area (Å²) in [6.45, 7) is 0.912. The summed E-state index contributed by atoms with van der Waals surface area (Å²) >= 11 is 0. The van der Waals surface area contributed by atoms with E-state index in [1.165, 1.54) is 12.1 Å². The lowest BCUT2D eigenvalue weighted by Gasteiger charge is -2.16. The maximum atomic E-state index is 13.5. The van der Waals surface area contributed by atoms with E-state index in [1.807, 2.05) is 42.6 Å². The van der Waals surface area contributed by atoms with E-state index in [0.29, 0.717) is 24.2 Å². The number of carbonyl (C=O) groups excluding carboxylic acids is 2. The van der Waals surface area contributed by atoms with Crippen LogP contribution in [0.15, 0.2) is 85.1 Å². The first-order chi connectivity index (χ1) is 16.6. The molecule has 2 heterocycles. The zero-order valence-corrected chi connectivity index (χ0v) is 18.4. The molecule has 0 atom stereocenters. The van der Waals surface area contributed by atoms with Crippen LogP contribution in [0.1, 0.15) is 28.8 Å². The topological polar surface area (TPSA) is 67.2 Å². The second-order valence-corrected chi connectivity index (χ2v) is 8.17. The monoisotopic (exact) mass is 454 g/mol. The fourth-order valence-corrected chi connectivity index (χ4v) is 4.12. The Hall–Kier alpha value is -4.26. The van der Waals surface area contributed by atoms with Gasteiger partial charge in [0.2, 0.25) is 5.91 Å². The van der Waals surface area contributed by atoms with Crippen molar-refractivity contribution in [3.8, 4) is 16.9 Å². The number of halogens is 1. The number of hydrogen-bond donors (Lipinski definition) is 1. The van der Waals surface area contributed by atoms with Gasteiger partial charge in [0.05, 0.1) is 11.4 Å². The third-order valence-corrected chi connectivity index (χ3v) is 5.86. The molecule has 0 bridgehead atoms. The van der Waals surface area contributed by atoms with E-state index in [4.69, 9.17) is 5.10 Å². The lowest BCUT2D eigenvalue weighted by atomic mass is 10.1. The van der Waals surface area contributed by atoms with Crippen LogP contribution < -0.4 is 10.2 Å². The molecule has 5 rings (SSSR count). The fourth-order valence-electron chi connectivity index (χ4n) is 4.12. The lowest BCUT2D eigenvalue weighted by Crippen LogP contribution is -2.25. The van der Waals surface area contributed by atoms with Gasteiger partial charge < -0.3 is 10.2 Å². The average Bonchev–Trinajstić information content (AvgIpc) is 3.50. The molecular formula is C27H23FN4O2. The molecule has 0 radical (unpaired) electrons. The second kappa shape index (κ2) is 9.31. The summed E-state index contributed by atoms with van der Waals surface area (Å²) in [6.07, 6.45) is 3.23. The van der Waals surface area contributed by atoms with Crippen molar-refractivity contribution < 1.29 is 14.0 Å². The molecule has 34 heavy (non-hydrogen) atoms. The first kappa shape index (κ1) is 21.6. The molecule has 3 aromatic carbocycles. The SMILES string of the molecule is O=C(NCc1cn(-c2ccccc2)nc1-c1ccc(F)cc1)c1cccc(N2CCCC2=O)c1. The van der Waals surface area contributed by atoms with Crippen LogP contribution in [0.3, 0.4) is 0 Å². The molecule has 6 nitrogen and oxygen atoms in total. The van der Waals surface area contributed by atoms with Crippen LogP contribution >= 0.6 is 0 Å². The number of hydrogen-bond acceptors (Lipinski definition) is 3. The van der Waals surface area contributed by atoms with E-state index < -0.39 is 0 Å². The smallest absolute Gasteiger partial charge is 0.251 e. The quantitative estimate of drug-likeness (QED) is 0.458. The molecule has 1 aliphatic heterocycles. The van der Waals surface area contributed by atoms with Crippen LogP contribution in [0, 0.1) is 5.82 Å². The van der Waals surface area contributed by atoms with E-state index in [2.05, 4.69) is 5.32 Å². The van der Waals surface area contributed by atoms with Crippen molar-refractivity contribution in [1.29, 1.82) is 0 Å². The summed E-state index contributed by atoms with van der Waals surface area (Å²) in [4.78, 5) is 26.7. The molecule has 2 amide bonds. The van der Waals surface area contributed by atoms with Gasteiger partial charge in [-0.25, -0.2) is 9.07 Å². The number of carbonyl (C=O) groups is 2. The highest BCUT2D eigenvalue weighted by molar-refractivity contribution is 5.99. The highest BCUT2D eigenvalue weighted by Gasteiger charge is 2.22. The standard InChI is InChI=1S/C27H23FN4O2/c28-22-13-11-19(12-14-22)26-21(18-32(30-26)23-7-2-1-3-8-23)17-29-27(34)20-6-4-9-24(16-20)31-15-5-10-25(31)33/h1-4,6-9,11-14,16,18H,5,10,15,17H2,(H,29,34). The van der Waals surface area contributed by atoms with Gasteiger partial charge in [0.15, 0.2) is 0 Å². The lowest BCUT2D eigenvalue weighted by molar-refractivity contribution is -0.117. The first-order valence-corrected chi connectivity index (χ1v) is 11.2. The van der Waals surface area contributed by atoms with Crippen molar-refractivity contribution in [1.82, 2.24) is 15.1 Å². The van der Waals surface area contributed by atoms with Gasteiger partial charge in [-0.2, -0.15) is 5.10 Å². The van der Waals surface area contributed by atoms with Crippen LogP contribution in [0.25, 0.3) is 16.9 Å². The molecule has 0 saturated carbocycles. The van der Waals surface area contributed by atoms with E-state index in [-0.39, 0.29) is 24.2 Å². The van der Waals surface area contributed by atoms with Gasteiger partial charge in [0, 0.05) is 48.1 Å². The van der Waals surface area contributed by atoms with Crippen molar-refractivity contribution in [2.75, 3.05) is 11.4 Å². The number of nitrogens with one attached hydrogen (secondary N) is 1. The molecule has 1 aliphatic rings. The maximum Gasteiger partial charge on any atom is 0.251 e. The Balaban J connectivity index is 1.39. The molecule has 170 valence electrons. The zero-order valence-electron chi connectivity index (χ0n) is 18.4. The van der Waals surface area contributed by atoms with Gasteiger partial charge in [0.1, 0.15) is 5.82 Å². The van der Waals surface area contributed by atoms with Gasteiger partial charge in [0.25, 0.3) is 5.91 Å². The van der Waals surface area contributed by atoms with Crippen LogP contribution in [0.5, 0.6) is 0 Å². The van der Waals surface area contributed by atoms with Gasteiger partial charge in [-0.3, -0.25) is 9.59 Å². The first-order valence-electron chi connectivity index (χ1n) is 11.2.